The van der Waals surface area contributed by atoms with Crippen LogP contribution in [0.25, 0.3) is 0 Å². The molecule has 0 aliphatic carbocycles. The van der Waals surface area contributed by atoms with Gasteiger partial charge in [-0.2, -0.15) is 4.31 Å². The van der Waals surface area contributed by atoms with E-state index in [0.717, 1.165) is 4.31 Å². The first-order valence-electron chi connectivity index (χ1n) is 9.82. The van der Waals surface area contributed by atoms with E-state index >= 15 is 0 Å². The Morgan fingerprint density at radius 2 is 1.66 bits per heavy atom. The third kappa shape index (κ3) is 6.01. The SMILES string of the molecule is CCOc1ccccc1NC(=O)CN(Cc1ccc(Cl)c(Cl)c1)S(=O)(=O)c1ccccc1. The Morgan fingerprint density at radius 3 is 2.34 bits per heavy atom. The fraction of sp³-hybridized carbons (Fsp3) is 0.174. The van der Waals surface area contributed by atoms with Gasteiger partial charge in [0.15, 0.2) is 0 Å². The van der Waals surface area contributed by atoms with Gasteiger partial charge in [0, 0.05) is 6.54 Å². The maximum atomic E-state index is 13.3. The van der Waals surface area contributed by atoms with Gasteiger partial charge >= 0.3 is 0 Å². The van der Waals surface area contributed by atoms with Gasteiger partial charge in [0.2, 0.25) is 15.9 Å². The molecule has 9 heteroatoms. The van der Waals surface area contributed by atoms with Crippen molar-refractivity contribution in [1.29, 1.82) is 0 Å². The van der Waals surface area contributed by atoms with Crippen LogP contribution in [-0.2, 0) is 21.4 Å². The molecular weight excluding hydrogens is 471 g/mol. The minimum absolute atomic E-state index is 0.0609. The number of para-hydroxylation sites is 2. The number of amides is 1. The molecule has 3 aromatic carbocycles. The molecule has 0 atom stereocenters. The largest absolute Gasteiger partial charge is 0.492 e. The summed E-state index contributed by atoms with van der Waals surface area (Å²) in [5.74, 6) is 0.00187. The molecule has 0 unspecified atom stereocenters. The smallest absolute Gasteiger partial charge is 0.243 e. The predicted molar refractivity (Wildman–Crippen MR) is 127 cm³/mol. The number of carbonyl (C=O) groups excluding carboxylic acids is 1. The Kier molecular flexibility index (Phi) is 8.15. The molecule has 6 nitrogen and oxygen atoms in total. The molecule has 0 fully saturated rings. The summed E-state index contributed by atoms with van der Waals surface area (Å²) in [6, 6.07) is 19.8. The minimum atomic E-state index is -3.96. The van der Waals surface area contributed by atoms with Gasteiger partial charge in [-0.05, 0) is 48.9 Å². The summed E-state index contributed by atoms with van der Waals surface area (Å²) in [4.78, 5) is 12.9. The summed E-state index contributed by atoms with van der Waals surface area (Å²) in [6.07, 6.45) is 0. The van der Waals surface area contributed by atoms with Crippen molar-refractivity contribution in [3.8, 4) is 5.75 Å². The van der Waals surface area contributed by atoms with Crippen LogP contribution in [0.2, 0.25) is 10.0 Å². The lowest BCUT2D eigenvalue weighted by molar-refractivity contribution is -0.116. The van der Waals surface area contributed by atoms with Crippen LogP contribution >= 0.6 is 23.2 Å². The molecule has 3 aromatic rings. The monoisotopic (exact) mass is 492 g/mol. The zero-order chi connectivity index (χ0) is 23.1. The van der Waals surface area contributed by atoms with Gasteiger partial charge in [-0.25, -0.2) is 8.42 Å². The van der Waals surface area contributed by atoms with Crippen LogP contribution in [0.15, 0.2) is 77.7 Å². The molecule has 1 N–H and O–H groups in total. The Labute approximate surface area is 197 Å². The maximum Gasteiger partial charge on any atom is 0.243 e. The molecule has 0 saturated heterocycles. The lowest BCUT2D eigenvalue weighted by atomic mass is 10.2. The summed E-state index contributed by atoms with van der Waals surface area (Å²) in [5, 5.41) is 3.40. The molecule has 0 bridgehead atoms. The maximum absolute atomic E-state index is 13.3. The van der Waals surface area contributed by atoms with Crippen LogP contribution in [0.5, 0.6) is 5.75 Å². The van der Waals surface area contributed by atoms with Crippen molar-refractivity contribution in [3.63, 3.8) is 0 Å². The average Bonchev–Trinajstić information content (AvgIpc) is 2.78. The third-order valence-electron chi connectivity index (χ3n) is 4.50. The van der Waals surface area contributed by atoms with Crippen LogP contribution in [-0.4, -0.2) is 31.8 Å². The van der Waals surface area contributed by atoms with E-state index in [0.29, 0.717) is 33.7 Å². The van der Waals surface area contributed by atoms with Crippen LogP contribution in [0, 0.1) is 0 Å². The molecular formula is C23H22Cl2N2O4S. The van der Waals surface area contributed by atoms with Gasteiger partial charge in [-0.15, -0.1) is 0 Å². The molecule has 0 aromatic heterocycles. The number of rotatable bonds is 9. The number of benzene rings is 3. The van der Waals surface area contributed by atoms with E-state index in [1.807, 2.05) is 6.92 Å². The Morgan fingerprint density at radius 1 is 0.969 bits per heavy atom. The van der Waals surface area contributed by atoms with Crippen LogP contribution < -0.4 is 10.1 Å². The second-order valence-corrected chi connectivity index (χ2v) is 9.56. The number of anilines is 1. The summed E-state index contributed by atoms with van der Waals surface area (Å²) >= 11 is 12.1. The fourth-order valence-corrected chi connectivity index (χ4v) is 4.74. The molecule has 0 heterocycles. The van der Waals surface area contributed by atoms with E-state index in [9.17, 15) is 13.2 Å². The van der Waals surface area contributed by atoms with Gasteiger partial charge in [-0.3, -0.25) is 4.79 Å². The zero-order valence-electron chi connectivity index (χ0n) is 17.3. The molecule has 0 saturated carbocycles. The number of ether oxygens (including phenoxy) is 1. The van der Waals surface area contributed by atoms with E-state index < -0.39 is 22.5 Å². The number of hydrogen-bond acceptors (Lipinski definition) is 4. The summed E-state index contributed by atoms with van der Waals surface area (Å²) in [6.45, 7) is 1.80. The van der Waals surface area contributed by atoms with Gasteiger partial charge in [0.05, 0.1) is 33.8 Å². The molecule has 0 spiro atoms. The predicted octanol–water partition coefficient (Wildman–Crippen LogP) is 5.22. The number of carbonyl (C=O) groups is 1. The first-order valence-corrected chi connectivity index (χ1v) is 12.0. The van der Waals surface area contributed by atoms with Crippen LogP contribution in [0.1, 0.15) is 12.5 Å². The molecule has 0 aliphatic heterocycles. The van der Waals surface area contributed by atoms with Crippen molar-refractivity contribution in [2.24, 2.45) is 0 Å². The molecule has 0 radical (unpaired) electrons. The van der Waals surface area contributed by atoms with Crippen molar-refractivity contribution in [2.75, 3.05) is 18.5 Å². The van der Waals surface area contributed by atoms with E-state index in [-0.39, 0.29) is 11.4 Å². The molecule has 32 heavy (non-hydrogen) atoms. The van der Waals surface area contributed by atoms with Gasteiger partial charge in [0.25, 0.3) is 0 Å². The quantitative estimate of drug-likeness (QED) is 0.444. The van der Waals surface area contributed by atoms with Crippen molar-refractivity contribution in [3.05, 3.63) is 88.4 Å². The molecule has 0 aliphatic rings. The molecule has 1 amide bonds. The molecule has 168 valence electrons. The Bertz CT molecular complexity index is 1190. The van der Waals surface area contributed by atoms with Gasteiger partial charge < -0.3 is 10.1 Å². The van der Waals surface area contributed by atoms with Crippen LogP contribution in [0.4, 0.5) is 5.69 Å². The van der Waals surface area contributed by atoms with Crippen molar-refractivity contribution in [1.82, 2.24) is 4.31 Å². The second-order valence-electron chi connectivity index (χ2n) is 6.81. The first kappa shape index (κ1) is 24.1. The summed E-state index contributed by atoms with van der Waals surface area (Å²) in [5.41, 5.74) is 1.06. The summed E-state index contributed by atoms with van der Waals surface area (Å²) in [7, 11) is -3.96. The topological polar surface area (TPSA) is 75.7 Å². The molecule has 3 rings (SSSR count). The second kappa shape index (κ2) is 10.8. The normalized spacial score (nSPS) is 11.4. The standard InChI is InChI=1S/C23H22Cl2N2O4S/c1-2-31-22-11-7-6-10-21(22)26-23(28)16-27(15-17-12-13-19(24)20(25)14-17)32(29,30)18-8-4-3-5-9-18/h3-14H,2,15-16H2,1H3,(H,26,28). The highest BCUT2D eigenvalue weighted by molar-refractivity contribution is 7.89. The van der Waals surface area contributed by atoms with Gasteiger partial charge in [-0.1, -0.05) is 59.6 Å². The highest BCUT2D eigenvalue weighted by Gasteiger charge is 2.27. The number of nitrogens with one attached hydrogen (secondary N) is 1. The lowest BCUT2D eigenvalue weighted by Gasteiger charge is -2.22. The summed E-state index contributed by atoms with van der Waals surface area (Å²) < 4.78 is 33.2. The van der Waals surface area contributed by atoms with Gasteiger partial charge in [0.1, 0.15) is 5.75 Å². The van der Waals surface area contributed by atoms with Crippen LogP contribution in [0.3, 0.4) is 0 Å². The number of nitrogens with zero attached hydrogens (tertiary/aromatic N) is 1. The number of halogens is 2. The highest BCUT2D eigenvalue weighted by atomic mass is 35.5. The fourth-order valence-electron chi connectivity index (χ4n) is 3.01. The Hall–Kier alpha value is -2.58. The third-order valence-corrected chi connectivity index (χ3v) is 7.05. The average molecular weight is 493 g/mol. The zero-order valence-corrected chi connectivity index (χ0v) is 19.6. The van der Waals surface area contributed by atoms with Crippen molar-refractivity contribution in [2.45, 2.75) is 18.4 Å². The number of hydrogen-bond donors (Lipinski definition) is 1. The highest BCUT2D eigenvalue weighted by Crippen LogP contribution is 2.26. The lowest BCUT2D eigenvalue weighted by Crippen LogP contribution is -2.37. The minimum Gasteiger partial charge on any atom is -0.492 e. The van der Waals surface area contributed by atoms with Crippen molar-refractivity contribution >= 4 is 44.8 Å². The Balaban J connectivity index is 1.88. The first-order chi connectivity index (χ1) is 15.3. The van der Waals surface area contributed by atoms with E-state index in [1.54, 1.807) is 60.7 Å². The van der Waals surface area contributed by atoms with Crippen molar-refractivity contribution < 1.29 is 17.9 Å². The van der Waals surface area contributed by atoms with E-state index in [1.165, 1.54) is 12.1 Å². The number of sulfonamides is 1. The van der Waals surface area contributed by atoms with E-state index in [4.69, 9.17) is 27.9 Å². The van der Waals surface area contributed by atoms with E-state index in [2.05, 4.69) is 5.32 Å².